The Morgan fingerprint density at radius 2 is 1.40 bits per heavy atom. The fraction of sp³-hybridized carbons (Fsp3) is 0.544. The molecule has 418 valence electrons. The van der Waals surface area contributed by atoms with Crippen LogP contribution in [-0.2, 0) is 49.5 Å². The molecule has 0 bridgehead atoms. The van der Waals surface area contributed by atoms with Gasteiger partial charge in [0, 0.05) is 107 Å². The van der Waals surface area contributed by atoms with Crippen LogP contribution in [-0.4, -0.2) is 148 Å². The van der Waals surface area contributed by atoms with E-state index in [-0.39, 0.29) is 105 Å². The number of piperazine rings is 1. The van der Waals surface area contributed by atoms with Gasteiger partial charge in [-0.25, -0.2) is 4.98 Å². The Morgan fingerprint density at radius 1 is 0.779 bits per heavy atom. The third kappa shape index (κ3) is 19.2. The third-order valence-electron chi connectivity index (χ3n) is 13.9. The van der Waals surface area contributed by atoms with E-state index in [1.54, 1.807) is 21.7 Å². The minimum Gasteiger partial charge on any atom is -0.455 e. The number of ether oxygens (including phenoxy) is 1. The van der Waals surface area contributed by atoms with Crippen LogP contribution >= 0.6 is 23.1 Å². The highest BCUT2D eigenvalue weighted by atomic mass is 32.2. The number of carbonyl (C=O) groups excluding carboxylic acids is 9. The molecular weight excluding hydrogens is 1020 g/mol. The van der Waals surface area contributed by atoms with Crippen molar-refractivity contribution >= 4 is 76.3 Å². The number of benzene rings is 2. The summed E-state index contributed by atoms with van der Waals surface area (Å²) in [6, 6.07) is 15.1. The molecule has 8 amide bonds. The first-order chi connectivity index (χ1) is 36.9. The van der Waals surface area contributed by atoms with Crippen LogP contribution in [0.3, 0.4) is 0 Å². The smallest absolute Gasteiger partial charge is 0.303 e. The predicted octanol–water partition coefficient (Wildman–Crippen LogP) is 6.51. The summed E-state index contributed by atoms with van der Waals surface area (Å²) in [5.74, 6) is -3.39. The first kappa shape index (κ1) is 61.4. The summed E-state index contributed by atoms with van der Waals surface area (Å²) < 4.78 is 5.79. The monoisotopic (exact) mass is 1100 g/mol. The van der Waals surface area contributed by atoms with Crippen molar-refractivity contribution in [1.29, 1.82) is 0 Å². The van der Waals surface area contributed by atoms with Gasteiger partial charge in [0.2, 0.25) is 29.5 Å². The zero-order valence-corrected chi connectivity index (χ0v) is 47.3. The molecule has 3 heterocycles. The Labute approximate surface area is 461 Å². The van der Waals surface area contributed by atoms with E-state index in [4.69, 9.17) is 4.74 Å². The summed E-state index contributed by atoms with van der Waals surface area (Å²) in [5, 5.41) is 10.7. The van der Waals surface area contributed by atoms with Gasteiger partial charge < -0.3 is 35.4 Å². The highest BCUT2D eigenvalue weighted by Gasteiger charge is 2.35. The highest BCUT2D eigenvalue weighted by Crippen LogP contribution is 2.31. The van der Waals surface area contributed by atoms with Crippen LogP contribution in [0, 0.1) is 11.8 Å². The molecule has 5 rings (SSSR count). The van der Waals surface area contributed by atoms with E-state index in [9.17, 15) is 43.2 Å². The fourth-order valence-electron chi connectivity index (χ4n) is 9.15. The molecule has 2 aliphatic rings. The first-order valence-corrected chi connectivity index (χ1v) is 28.9. The van der Waals surface area contributed by atoms with Crippen molar-refractivity contribution in [3.63, 3.8) is 0 Å². The van der Waals surface area contributed by atoms with Crippen molar-refractivity contribution < 1.29 is 47.9 Å². The number of unbranched alkanes of at least 4 members (excludes halogenated alkanes) is 3. The van der Waals surface area contributed by atoms with Crippen LogP contribution in [0.2, 0.25) is 0 Å². The maximum atomic E-state index is 14.6. The number of esters is 1. The van der Waals surface area contributed by atoms with Gasteiger partial charge in [0.25, 0.3) is 17.7 Å². The summed E-state index contributed by atoms with van der Waals surface area (Å²) in [7, 11) is 1.76. The number of hydrogen-bond donors (Lipinski definition) is 3. The molecule has 0 aliphatic carbocycles. The molecule has 6 atom stereocenters. The highest BCUT2D eigenvalue weighted by molar-refractivity contribution is 7.99. The number of nitrogens with one attached hydrogen (secondary N) is 3. The van der Waals surface area contributed by atoms with Gasteiger partial charge in [0.15, 0.2) is 6.10 Å². The molecule has 0 saturated carbocycles. The Kier molecular flexibility index (Phi) is 24.8. The number of hydrogen-bond acceptors (Lipinski definition) is 13. The molecule has 3 aromatic rings. The summed E-state index contributed by atoms with van der Waals surface area (Å²) in [4.78, 5) is 132. The number of imide groups is 1. The van der Waals surface area contributed by atoms with E-state index >= 15 is 0 Å². The van der Waals surface area contributed by atoms with Gasteiger partial charge in [0.05, 0.1) is 0 Å². The number of carbonyl (C=O) groups is 9. The average molecular weight is 1100 g/mol. The fourth-order valence-corrected chi connectivity index (χ4v) is 10.9. The molecule has 0 radical (unpaired) electrons. The summed E-state index contributed by atoms with van der Waals surface area (Å²) in [6.07, 6.45) is 7.15. The van der Waals surface area contributed by atoms with Crippen molar-refractivity contribution in [1.82, 2.24) is 40.5 Å². The maximum absolute atomic E-state index is 14.6. The van der Waals surface area contributed by atoms with Crippen LogP contribution in [0.5, 0.6) is 0 Å². The summed E-state index contributed by atoms with van der Waals surface area (Å²) in [6.45, 7) is 12.5. The second kappa shape index (κ2) is 31.1. The standard InChI is InChI=1S/C57H78N8O10S2/c1-8-10-11-18-24-43(53(71)59-44(34-41-20-14-12-15-21-41)57(74)64-31-29-63(30-32-64)49(67)25-19-28-65-50(68)26-27-51(65)69)58-54(72)45(36-76-42-22-16-13-17-23-42)60-55(73)46-37-77-56(61-46)48(75-40(6)66)35-47(38(3)4)62(7)52(70)33-39(5)9-2/h12-17,20-23,26-27,37-39,43-45,47-48H,8-11,18-19,24-25,28-36H2,1-7H3,(H,58,72)(H,59,71)(H,60,73)/t39-,43+,44-,45-,47+,48+/m0/s1. The molecule has 0 unspecified atom stereocenters. The van der Waals surface area contributed by atoms with Gasteiger partial charge in [-0.05, 0) is 42.4 Å². The van der Waals surface area contributed by atoms with Gasteiger partial charge in [-0.15, -0.1) is 23.1 Å². The molecule has 20 heteroatoms. The average Bonchev–Trinajstić information content (AvgIpc) is 4.05. The molecule has 2 aromatic carbocycles. The van der Waals surface area contributed by atoms with Crippen LogP contribution in [0.15, 0.2) is 83.1 Å². The Balaban J connectivity index is 1.32. The molecular formula is C57H78N8O10S2. The second-order valence-corrected chi connectivity index (χ2v) is 22.2. The van der Waals surface area contributed by atoms with Crippen LogP contribution in [0.25, 0.3) is 0 Å². The predicted molar refractivity (Wildman–Crippen MR) is 296 cm³/mol. The molecule has 1 aromatic heterocycles. The summed E-state index contributed by atoms with van der Waals surface area (Å²) in [5.41, 5.74) is 0.803. The van der Waals surface area contributed by atoms with Crippen molar-refractivity contribution in [2.75, 3.05) is 45.5 Å². The molecule has 1 fully saturated rings. The van der Waals surface area contributed by atoms with Crippen molar-refractivity contribution in [3.8, 4) is 0 Å². The van der Waals surface area contributed by atoms with Gasteiger partial charge in [0.1, 0.15) is 28.8 Å². The number of nitrogens with zero attached hydrogens (tertiary/aromatic N) is 5. The van der Waals surface area contributed by atoms with E-state index < -0.39 is 59.7 Å². The van der Waals surface area contributed by atoms with Crippen LogP contribution in [0.4, 0.5) is 0 Å². The third-order valence-corrected chi connectivity index (χ3v) is 16.0. The van der Waals surface area contributed by atoms with Crippen LogP contribution in [0.1, 0.15) is 133 Å². The van der Waals surface area contributed by atoms with E-state index in [0.29, 0.717) is 24.3 Å². The molecule has 18 nitrogen and oxygen atoms in total. The molecule has 2 aliphatic heterocycles. The van der Waals surface area contributed by atoms with Crippen molar-refractivity contribution in [2.24, 2.45) is 11.8 Å². The van der Waals surface area contributed by atoms with Crippen LogP contribution < -0.4 is 16.0 Å². The Hall–Kier alpha value is -6.41. The van der Waals surface area contributed by atoms with Gasteiger partial charge in [-0.1, -0.05) is 115 Å². The van der Waals surface area contributed by atoms with Gasteiger partial charge >= 0.3 is 5.97 Å². The van der Waals surface area contributed by atoms with Crippen molar-refractivity contribution in [2.45, 2.75) is 147 Å². The van der Waals surface area contributed by atoms with E-state index in [1.807, 2.05) is 88.4 Å². The van der Waals surface area contributed by atoms with Gasteiger partial charge in [-0.3, -0.25) is 48.1 Å². The zero-order chi connectivity index (χ0) is 56.0. The molecule has 1 saturated heterocycles. The molecule has 3 N–H and O–H groups in total. The maximum Gasteiger partial charge on any atom is 0.303 e. The number of rotatable bonds is 30. The minimum absolute atomic E-state index is 0.000967. The first-order valence-electron chi connectivity index (χ1n) is 27.0. The SMILES string of the molecule is CCCCCC[C@@H](NC(=O)[C@H](CSc1ccccc1)NC(=O)c1csc([C@@H](C[C@H](C(C)C)N(C)C(=O)C[C@@H](C)CC)OC(C)=O)n1)C(=O)N[C@@H](Cc1ccccc1)C(=O)N1CCN(C(=O)CCCN2C(=O)C=CC2=O)CC1. The number of amides is 8. The van der Waals surface area contributed by atoms with Crippen molar-refractivity contribution in [3.05, 3.63) is 94.5 Å². The molecule has 0 spiro atoms. The zero-order valence-electron chi connectivity index (χ0n) is 45.7. The lowest BCUT2D eigenvalue weighted by molar-refractivity contribution is -0.148. The second-order valence-electron chi connectivity index (χ2n) is 20.2. The minimum atomic E-state index is -1.16. The number of thioether (sulfide) groups is 1. The largest absolute Gasteiger partial charge is 0.455 e. The molecule has 77 heavy (non-hydrogen) atoms. The lowest BCUT2D eigenvalue weighted by atomic mass is 9.95. The lowest BCUT2D eigenvalue weighted by Crippen LogP contribution is -2.59. The van der Waals surface area contributed by atoms with E-state index in [1.165, 1.54) is 36.2 Å². The normalized spacial score (nSPS) is 15.8. The number of aromatic nitrogens is 1. The number of thiazole rings is 1. The summed E-state index contributed by atoms with van der Waals surface area (Å²) >= 11 is 2.48. The quantitative estimate of drug-likeness (QED) is 0.0281. The van der Waals surface area contributed by atoms with E-state index in [2.05, 4.69) is 27.9 Å². The van der Waals surface area contributed by atoms with E-state index in [0.717, 1.165) is 52.4 Å². The van der Waals surface area contributed by atoms with Gasteiger partial charge in [-0.2, -0.15) is 0 Å². The Bertz CT molecular complexity index is 2480. The lowest BCUT2D eigenvalue weighted by Gasteiger charge is -2.37. The topological polar surface area (TPSA) is 225 Å². The Morgan fingerprint density at radius 3 is 2.03 bits per heavy atom.